The number of ether oxygens (including phenoxy) is 2. The van der Waals surface area contributed by atoms with Crippen molar-refractivity contribution in [2.45, 2.75) is 20.1 Å². The number of thiocarbonyl (C=S) groups is 1. The zero-order valence-corrected chi connectivity index (χ0v) is 19.6. The lowest BCUT2D eigenvalue weighted by Crippen LogP contribution is -2.27. The minimum atomic E-state index is -0.315. The van der Waals surface area contributed by atoms with Gasteiger partial charge in [0.15, 0.2) is 11.5 Å². The molecular formula is C26H22FNO3S2. The second kappa shape index (κ2) is 10.6. The highest BCUT2D eigenvalue weighted by molar-refractivity contribution is 8.26. The molecule has 0 saturated carbocycles. The largest absolute Gasteiger partial charge is 0.490 e. The Morgan fingerprint density at radius 2 is 1.76 bits per heavy atom. The molecule has 3 aromatic carbocycles. The van der Waals surface area contributed by atoms with Crippen LogP contribution >= 0.6 is 24.0 Å². The molecule has 3 aromatic rings. The molecule has 1 aliphatic rings. The monoisotopic (exact) mass is 479 g/mol. The van der Waals surface area contributed by atoms with Gasteiger partial charge in [-0.15, -0.1) is 0 Å². The molecular weight excluding hydrogens is 457 g/mol. The van der Waals surface area contributed by atoms with Gasteiger partial charge in [-0.05, 0) is 42.3 Å². The molecule has 0 atom stereocenters. The highest BCUT2D eigenvalue weighted by Gasteiger charge is 2.32. The number of benzene rings is 3. The number of hydrogen-bond donors (Lipinski definition) is 0. The number of rotatable bonds is 8. The SMILES string of the molecule is CCOc1cc(C=C2SC(=S)N(Cc3ccccc3)C2=O)ccc1OCc1ccccc1F. The average molecular weight is 480 g/mol. The Hall–Kier alpha value is -3.16. The normalized spacial score (nSPS) is 14.7. The van der Waals surface area contributed by atoms with Crippen LogP contribution in [0.4, 0.5) is 4.39 Å². The summed E-state index contributed by atoms with van der Waals surface area (Å²) >= 11 is 6.73. The fourth-order valence-electron chi connectivity index (χ4n) is 3.33. The summed E-state index contributed by atoms with van der Waals surface area (Å²) in [5.74, 6) is 0.604. The van der Waals surface area contributed by atoms with Gasteiger partial charge >= 0.3 is 0 Å². The van der Waals surface area contributed by atoms with Gasteiger partial charge in [0.1, 0.15) is 16.7 Å². The van der Waals surface area contributed by atoms with Crippen LogP contribution in [0.1, 0.15) is 23.6 Å². The summed E-state index contributed by atoms with van der Waals surface area (Å²) in [6.07, 6.45) is 1.80. The third kappa shape index (κ3) is 5.61. The number of carbonyl (C=O) groups is 1. The van der Waals surface area contributed by atoms with Crippen LogP contribution in [-0.4, -0.2) is 21.7 Å². The van der Waals surface area contributed by atoms with Crippen LogP contribution in [0, 0.1) is 5.82 Å². The third-order valence-corrected chi connectivity index (χ3v) is 6.34. The second-order valence-corrected chi connectivity index (χ2v) is 8.95. The summed E-state index contributed by atoms with van der Waals surface area (Å²) in [4.78, 5) is 15.1. The van der Waals surface area contributed by atoms with Crippen molar-refractivity contribution in [1.29, 1.82) is 0 Å². The van der Waals surface area contributed by atoms with E-state index in [4.69, 9.17) is 21.7 Å². The summed E-state index contributed by atoms with van der Waals surface area (Å²) < 4.78 is 26.0. The first-order valence-electron chi connectivity index (χ1n) is 10.5. The van der Waals surface area contributed by atoms with E-state index in [1.165, 1.54) is 17.8 Å². The van der Waals surface area contributed by atoms with E-state index in [0.29, 0.717) is 39.4 Å². The van der Waals surface area contributed by atoms with E-state index < -0.39 is 0 Å². The lowest BCUT2D eigenvalue weighted by molar-refractivity contribution is -0.122. The molecule has 0 N–H and O–H groups in total. The van der Waals surface area contributed by atoms with Gasteiger partial charge in [-0.3, -0.25) is 9.69 Å². The van der Waals surface area contributed by atoms with Crippen LogP contribution < -0.4 is 9.47 Å². The first-order valence-corrected chi connectivity index (χ1v) is 11.7. The number of hydrogen-bond acceptors (Lipinski definition) is 5. The third-order valence-electron chi connectivity index (χ3n) is 4.96. The maximum Gasteiger partial charge on any atom is 0.266 e. The summed E-state index contributed by atoms with van der Waals surface area (Å²) in [6.45, 7) is 2.85. The van der Waals surface area contributed by atoms with Gasteiger partial charge in [-0.2, -0.15) is 0 Å². The highest BCUT2D eigenvalue weighted by Crippen LogP contribution is 2.36. The predicted molar refractivity (Wildman–Crippen MR) is 134 cm³/mol. The number of thioether (sulfide) groups is 1. The van der Waals surface area contributed by atoms with Crippen LogP contribution in [-0.2, 0) is 17.9 Å². The zero-order valence-electron chi connectivity index (χ0n) is 18.0. The van der Waals surface area contributed by atoms with Crippen LogP contribution in [0.25, 0.3) is 6.08 Å². The lowest BCUT2D eigenvalue weighted by atomic mass is 10.1. The maximum atomic E-state index is 13.9. The summed E-state index contributed by atoms with van der Waals surface area (Å²) in [5, 5.41) is 0. The highest BCUT2D eigenvalue weighted by atomic mass is 32.2. The average Bonchev–Trinajstić information content (AvgIpc) is 3.08. The molecule has 1 aliphatic heterocycles. The number of nitrogens with zero attached hydrogens (tertiary/aromatic N) is 1. The molecule has 0 bridgehead atoms. The molecule has 4 rings (SSSR count). The molecule has 33 heavy (non-hydrogen) atoms. The lowest BCUT2D eigenvalue weighted by Gasteiger charge is -2.14. The minimum absolute atomic E-state index is 0.0875. The van der Waals surface area contributed by atoms with Crippen LogP contribution in [0.15, 0.2) is 77.7 Å². The number of carbonyl (C=O) groups excluding carboxylic acids is 1. The van der Waals surface area contributed by atoms with E-state index in [1.54, 1.807) is 35.2 Å². The molecule has 1 saturated heterocycles. The Balaban J connectivity index is 1.51. The number of amides is 1. The summed E-state index contributed by atoms with van der Waals surface area (Å²) in [6, 6.07) is 21.7. The fourth-order valence-corrected chi connectivity index (χ4v) is 4.58. The van der Waals surface area contributed by atoms with Gasteiger partial charge < -0.3 is 9.47 Å². The van der Waals surface area contributed by atoms with Crippen molar-refractivity contribution in [3.8, 4) is 11.5 Å². The quantitative estimate of drug-likeness (QED) is 0.284. The van der Waals surface area contributed by atoms with E-state index in [2.05, 4.69) is 0 Å². The molecule has 168 valence electrons. The molecule has 1 fully saturated rings. The van der Waals surface area contributed by atoms with Crippen LogP contribution in [0.2, 0.25) is 0 Å². The molecule has 0 radical (unpaired) electrons. The predicted octanol–water partition coefficient (Wildman–Crippen LogP) is 6.20. The molecule has 0 spiro atoms. The molecule has 0 unspecified atom stereocenters. The van der Waals surface area contributed by atoms with E-state index in [-0.39, 0.29) is 18.3 Å². The zero-order chi connectivity index (χ0) is 23.2. The molecule has 1 heterocycles. The van der Waals surface area contributed by atoms with Gasteiger partial charge in [-0.1, -0.05) is 78.6 Å². The van der Waals surface area contributed by atoms with Gasteiger partial charge in [0.05, 0.1) is 18.1 Å². The molecule has 1 amide bonds. The summed E-state index contributed by atoms with van der Waals surface area (Å²) in [5.41, 5.74) is 2.27. The fraction of sp³-hybridized carbons (Fsp3) is 0.154. The number of halogens is 1. The van der Waals surface area contributed by atoms with Crippen molar-refractivity contribution in [3.05, 3.63) is 100 Å². The molecule has 0 aliphatic carbocycles. The minimum Gasteiger partial charge on any atom is -0.490 e. The second-order valence-electron chi connectivity index (χ2n) is 7.27. The standard InChI is InChI=1S/C26H22FNO3S2/c1-2-30-23-14-19(12-13-22(23)31-17-20-10-6-7-11-21(20)27)15-24-25(29)28(26(32)33-24)16-18-8-4-3-5-9-18/h3-15H,2,16-17H2,1H3. The van der Waals surface area contributed by atoms with Crippen molar-refractivity contribution in [1.82, 2.24) is 4.90 Å². The van der Waals surface area contributed by atoms with Crippen molar-refractivity contribution >= 4 is 40.3 Å². The Labute approximate surface area is 202 Å². The van der Waals surface area contributed by atoms with E-state index in [0.717, 1.165) is 11.1 Å². The molecule has 7 heteroatoms. The topological polar surface area (TPSA) is 38.8 Å². The van der Waals surface area contributed by atoms with Gasteiger partial charge in [0.25, 0.3) is 5.91 Å². The van der Waals surface area contributed by atoms with Crippen molar-refractivity contribution in [2.75, 3.05) is 6.61 Å². The summed E-state index contributed by atoms with van der Waals surface area (Å²) in [7, 11) is 0. The first-order chi connectivity index (χ1) is 16.0. The van der Waals surface area contributed by atoms with E-state index in [9.17, 15) is 9.18 Å². The van der Waals surface area contributed by atoms with Crippen LogP contribution in [0.5, 0.6) is 11.5 Å². The van der Waals surface area contributed by atoms with E-state index in [1.807, 2.05) is 49.4 Å². The first kappa shape index (κ1) is 23.0. The van der Waals surface area contributed by atoms with Crippen LogP contribution in [0.3, 0.4) is 0 Å². The van der Waals surface area contributed by atoms with Gasteiger partial charge in [0.2, 0.25) is 0 Å². The van der Waals surface area contributed by atoms with Gasteiger partial charge in [-0.25, -0.2) is 4.39 Å². The Bertz CT molecular complexity index is 1200. The smallest absolute Gasteiger partial charge is 0.266 e. The van der Waals surface area contributed by atoms with E-state index >= 15 is 0 Å². The van der Waals surface area contributed by atoms with Crippen molar-refractivity contribution < 1.29 is 18.7 Å². The molecule has 4 nitrogen and oxygen atoms in total. The Kier molecular flexibility index (Phi) is 7.42. The van der Waals surface area contributed by atoms with Crippen molar-refractivity contribution in [2.24, 2.45) is 0 Å². The molecule has 0 aromatic heterocycles. The Morgan fingerprint density at radius 1 is 1.00 bits per heavy atom. The van der Waals surface area contributed by atoms with Crippen molar-refractivity contribution in [3.63, 3.8) is 0 Å². The maximum absolute atomic E-state index is 13.9. The Morgan fingerprint density at radius 3 is 2.52 bits per heavy atom. The van der Waals surface area contributed by atoms with Gasteiger partial charge in [0, 0.05) is 5.56 Å².